The fraction of sp³-hybridized carbons (Fsp3) is 0.0769. The van der Waals surface area contributed by atoms with Crippen LogP contribution < -0.4 is 10.5 Å². The van der Waals surface area contributed by atoms with Gasteiger partial charge in [-0.15, -0.1) is 6.42 Å². The Morgan fingerprint density at radius 3 is 2.71 bits per heavy atom. The molecule has 17 heavy (non-hydrogen) atoms. The summed E-state index contributed by atoms with van der Waals surface area (Å²) in [6, 6.07) is 11.1. The quantitative estimate of drug-likeness (QED) is 0.808. The minimum atomic E-state index is 0.157. The Bertz CT molecular complexity index is 546. The molecule has 2 N–H and O–H groups in total. The van der Waals surface area contributed by atoms with Crippen molar-refractivity contribution in [2.45, 2.75) is 0 Å². The molecule has 4 nitrogen and oxygen atoms in total. The molecular formula is C13H11N3O. The van der Waals surface area contributed by atoms with E-state index in [1.807, 2.05) is 30.3 Å². The average molecular weight is 225 g/mol. The molecule has 0 saturated heterocycles. The van der Waals surface area contributed by atoms with Gasteiger partial charge in [-0.05, 0) is 0 Å². The lowest BCUT2D eigenvalue weighted by atomic mass is 10.2. The number of nitrogens with two attached hydrogens (primary N) is 1. The fourth-order valence-electron chi connectivity index (χ4n) is 1.35. The van der Waals surface area contributed by atoms with Gasteiger partial charge < -0.3 is 10.5 Å². The number of benzene rings is 1. The van der Waals surface area contributed by atoms with Gasteiger partial charge in [-0.1, -0.05) is 36.3 Å². The van der Waals surface area contributed by atoms with Crippen molar-refractivity contribution in [2.24, 2.45) is 0 Å². The zero-order valence-electron chi connectivity index (χ0n) is 9.13. The predicted molar refractivity (Wildman–Crippen MR) is 66.2 cm³/mol. The summed E-state index contributed by atoms with van der Waals surface area (Å²) in [4.78, 5) is 8.38. The highest BCUT2D eigenvalue weighted by Crippen LogP contribution is 2.19. The summed E-state index contributed by atoms with van der Waals surface area (Å²) >= 11 is 0. The Labute approximate surface area is 99.5 Å². The van der Waals surface area contributed by atoms with E-state index in [-0.39, 0.29) is 6.61 Å². The molecule has 1 aromatic heterocycles. The van der Waals surface area contributed by atoms with Crippen molar-refractivity contribution in [1.82, 2.24) is 9.97 Å². The van der Waals surface area contributed by atoms with E-state index < -0.39 is 0 Å². The topological polar surface area (TPSA) is 61.0 Å². The second kappa shape index (κ2) is 4.99. The van der Waals surface area contributed by atoms with Crippen molar-refractivity contribution in [2.75, 3.05) is 12.3 Å². The molecular weight excluding hydrogens is 214 g/mol. The second-order valence-electron chi connectivity index (χ2n) is 3.31. The maximum Gasteiger partial charge on any atom is 0.219 e. The summed E-state index contributed by atoms with van der Waals surface area (Å²) in [5.74, 6) is 3.63. The molecule has 2 rings (SSSR count). The lowest BCUT2D eigenvalue weighted by molar-refractivity contribution is 0.355. The number of terminal acetylenes is 1. The van der Waals surface area contributed by atoms with E-state index in [2.05, 4.69) is 15.9 Å². The molecule has 0 atom stereocenters. The van der Waals surface area contributed by atoms with Gasteiger partial charge in [0.1, 0.15) is 5.82 Å². The standard InChI is InChI=1S/C13H11N3O/c1-2-8-17-12-9-11(14)15-13(16-12)10-6-4-3-5-7-10/h1,3-7,9H,8H2,(H2,14,15,16). The van der Waals surface area contributed by atoms with Crippen LogP contribution in [0.5, 0.6) is 5.88 Å². The summed E-state index contributed by atoms with van der Waals surface area (Å²) in [5, 5.41) is 0. The van der Waals surface area contributed by atoms with E-state index in [0.29, 0.717) is 17.5 Å². The molecule has 0 amide bonds. The van der Waals surface area contributed by atoms with Gasteiger partial charge in [0, 0.05) is 11.6 Å². The van der Waals surface area contributed by atoms with Gasteiger partial charge >= 0.3 is 0 Å². The molecule has 1 aromatic carbocycles. The number of anilines is 1. The van der Waals surface area contributed by atoms with Crippen molar-refractivity contribution in [3.05, 3.63) is 36.4 Å². The Balaban J connectivity index is 2.36. The molecule has 0 radical (unpaired) electrons. The van der Waals surface area contributed by atoms with Crippen LogP contribution in [0, 0.1) is 12.3 Å². The number of nitrogen functional groups attached to an aromatic ring is 1. The van der Waals surface area contributed by atoms with Gasteiger partial charge in [0.2, 0.25) is 5.88 Å². The van der Waals surface area contributed by atoms with E-state index in [4.69, 9.17) is 16.9 Å². The third kappa shape index (κ3) is 2.73. The number of rotatable bonds is 3. The Morgan fingerprint density at radius 1 is 1.24 bits per heavy atom. The first-order chi connectivity index (χ1) is 8.29. The van der Waals surface area contributed by atoms with E-state index in [1.54, 1.807) is 6.07 Å². The van der Waals surface area contributed by atoms with Gasteiger partial charge in [0.05, 0.1) is 0 Å². The van der Waals surface area contributed by atoms with Gasteiger partial charge in [0.25, 0.3) is 0 Å². The minimum Gasteiger partial charge on any atom is -0.464 e. The third-order valence-corrected chi connectivity index (χ3v) is 2.06. The molecule has 0 fully saturated rings. The van der Waals surface area contributed by atoms with Crippen LogP contribution >= 0.6 is 0 Å². The van der Waals surface area contributed by atoms with E-state index in [1.165, 1.54) is 0 Å². The summed E-state index contributed by atoms with van der Waals surface area (Å²) in [7, 11) is 0. The SMILES string of the molecule is C#CCOc1cc(N)nc(-c2ccccc2)n1. The molecule has 0 unspecified atom stereocenters. The van der Waals surface area contributed by atoms with E-state index in [0.717, 1.165) is 5.56 Å². The number of aromatic nitrogens is 2. The lowest BCUT2D eigenvalue weighted by Gasteiger charge is -2.05. The molecule has 0 saturated carbocycles. The minimum absolute atomic E-state index is 0.157. The first-order valence-electron chi connectivity index (χ1n) is 5.06. The van der Waals surface area contributed by atoms with Gasteiger partial charge in [-0.3, -0.25) is 0 Å². The first-order valence-corrected chi connectivity index (χ1v) is 5.06. The molecule has 0 aliphatic rings. The van der Waals surface area contributed by atoms with E-state index >= 15 is 0 Å². The van der Waals surface area contributed by atoms with Crippen molar-refractivity contribution in [1.29, 1.82) is 0 Å². The highest BCUT2D eigenvalue weighted by Gasteiger charge is 2.05. The van der Waals surface area contributed by atoms with Crippen molar-refractivity contribution < 1.29 is 4.74 Å². The highest BCUT2D eigenvalue weighted by atomic mass is 16.5. The van der Waals surface area contributed by atoms with Crippen LogP contribution in [0.1, 0.15) is 0 Å². The van der Waals surface area contributed by atoms with Crippen LogP contribution in [0.15, 0.2) is 36.4 Å². The number of hydrogen-bond donors (Lipinski definition) is 1. The number of hydrogen-bond acceptors (Lipinski definition) is 4. The lowest BCUT2D eigenvalue weighted by Crippen LogP contribution is -2.01. The van der Waals surface area contributed by atoms with Crippen LogP contribution in [0.2, 0.25) is 0 Å². The number of nitrogens with zero attached hydrogens (tertiary/aromatic N) is 2. The summed E-state index contributed by atoms with van der Waals surface area (Å²) in [6.45, 7) is 0.157. The van der Waals surface area contributed by atoms with Gasteiger partial charge in [-0.25, -0.2) is 4.98 Å². The maximum atomic E-state index is 5.69. The zero-order valence-corrected chi connectivity index (χ0v) is 9.13. The summed E-state index contributed by atoms with van der Waals surface area (Å²) in [6.07, 6.45) is 5.11. The number of ether oxygens (including phenoxy) is 1. The molecule has 0 spiro atoms. The zero-order chi connectivity index (χ0) is 12.1. The Morgan fingerprint density at radius 2 is 2.00 bits per heavy atom. The Hall–Kier alpha value is -2.54. The van der Waals surface area contributed by atoms with Gasteiger partial charge in [-0.2, -0.15) is 4.98 Å². The normalized spacial score (nSPS) is 9.59. The van der Waals surface area contributed by atoms with Crippen LogP contribution in [-0.4, -0.2) is 16.6 Å². The van der Waals surface area contributed by atoms with Crippen molar-refractivity contribution in [3.8, 4) is 29.6 Å². The van der Waals surface area contributed by atoms with Gasteiger partial charge in [0.15, 0.2) is 12.4 Å². The highest BCUT2D eigenvalue weighted by molar-refractivity contribution is 5.57. The fourth-order valence-corrected chi connectivity index (χ4v) is 1.35. The monoisotopic (exact) mass is 225 g/mol. The summed E-state index contributed by atoms with van der Waals surface area (Å²) < 4.78 is 5.23. The molecule has 4 heteroatoms. The first kappa shape index (κ1) is 11.0. The molecule has 1 heterocycles. The second-order valence-corrected chi connectivity index (χ2v) is 3.31. The molecule has 84 valence electrons. The molecule has 0 aliphatic heterocycles. The van der Waals surface area contributed by atoms with Crippen LogP contribution in [0.4, 0.5) is 5.82 Å². The van der Waals surface area contributed by atoms with Crippen LogP contribution in [-0.2, 0) is 0 Å². The molecule has 2 aromatic rings. The molecule has 0 bridgehead atoms. The predicted octanol–water partition coefficient (Wildman–Crippen LogP) is 1.74. The average Bonchev–Trinajstić information content (AvgIpc) is 2.37. The largest absolute Gasteiger partial charge is 0.464 e. The van der Waals surface area contributed by atoms with Crippen LogP contribution in [0.25, 0.3) is 11.4 Å². The third-order valence-electron chi connectivity index (χ3n) is 2.06. The van der Waals surface area contributed by atoms with Crippen molar-refractivity contribution >= 4 is 5.82 Å². The molecule has 0 aliphatic carbocycles. The summed E-state index contributed by atoms with van der Waals surface area (Å²) in [5.41, 5.74) is 6.57. The van der Waals surface area contributed by atoms with Crippen molar-refractivity contribution in [3.63, 3.8) is 0 Å². The maximum absolute atomic E-state index is 5.69. The van der Waals surface area contributed by atoms with E-state index in [9.17, 15) is 0 Å². The smallest absolute Gasteiger partial charge is 0.219 e. The Kier molecular flexibility index (Phi) is 3.22. The van der Waals surface area contributed by atoms with Crippen LogP contribution in [0.3, 0.4) is 0 Å².